The standard InChI is InChI=1S/C10H14ClNO2S/c11-10-4-2-1-3-9(10)5-7-15(13,14)8-6-12/h1-4H,5-8,12H2. The minimum Gasteiger partial charge on any atom is -0.329 e. The number of nitrogens with two attached hydrogens (primary N) is 1. The van der Waals surface area contributed by atoms with E-state index in [1.807, 2.05) is 18.2 Å². The first-order valence-corrected chi connectivity index (χ1v) is 6.89. The fourth-order valence-corrected chi connectivity index (χ4v) is 2.57. The van der Waals surface area contributed by atoms with Crippen LogP contribution in [-0.2, 0) is 16.3 Å². The first-order valence-electron chi connectivity index (χ1n) is 4.69. The van der Waals surface area contributed by atoms with E-state index in [9.17, 15) is 8.42 Å². The van der Waals surface area contributed by atoms with Crippen molar-refractivity contribution in [3.05, 3.63) is 34.9 Å². The van der Waals surface area contributed by atoms with Crippen molar-refractivity contribution in [2.75, 3.05) is 18.1 Å². The van der Waals surface area contributed by atoms with Crippen LogP contribution >= 0.6 is 11.6 Å². The van der Waals surface area contributed by atoms with E-state index < -0.39 is 9.84 Å². The van der Waals surface area contributed by atoms with Gasteiger partial charge in [-0.15, -0.1) is 0 Å². The van der Waals surface area contributed by atoms with Gasteiger partial charge in [0.25, 0.3) is 0 Å². The summed E-state index contributed by atoms with van der Waals surface area (Å²) in [6, 6.07) is 7.25. The summed E-state index contributed by atoms with van der Waals surface area (Å²) < 4.78 is 22.8. The molecule has 0 spiro atoms. The van der Waals surface area contributed by atoms with Gasteiger partial charge < -0.3 is 5.73 Å². The van der Waals surface area contributed by atoms with Crippen LogP contribution in [0.1, 0.15) is 5.56 Å². The molecule has 15 heavy (non-hydrogen) atoms. The Morgan fingerprint density at radius 3 is 2.47 bits per heavy atom. The summed E-state index contributed by atoms with van der Waals surface area (Å²) in [5, 5.41) is 0.612. The summed E-state index contributed by atoms with van der Waals surface area (Å²) in [4.78, 5) is 0. The normalized spacial score (nSPS) is 11.6. The van der Waals surface area contributed by atoms with Crippen molar-refractivity contribution in [1.29, 1.82) is 0 Å². The van der Waals surface area contributed by atoms with Gasteiger partial charge in [-0.3, -0.25) is 0 Å². The number of rotatable bonds is 5. The number of hydrogen-bond acceptors (Lipinski definition) is 3. The Morgan fingerprint density at radius 1 is 1.20 bits per heavy atom. The van der Waals surface area contributed by atoms with Crippen LogP contribution in [0.3, 0.4) is 0 Å². The number of aryl methyl sites for hydroxylation is 1. The van der Waals surface area contributed by atoms with E-state index in [4.69, 9.17) is 17.3 Å². The zero-order valence-corrected chi connectivity index (χ0v) is 9.89. The molecule has 0 aromatic heterocycles. The molecule has 1 rings (SSSR count). The van der Waals surface area contributed by atoms with Crippen molar-refractivity contribution in [2.24, 2.45) is 5.73 Å². The predicted molar refractivity (Wildman–Crippen MR) is 62.9 cm³/mol. The molecule has 3 nitrogen and oxygen atoms in total. The lowest BCUT2D eigenvalue weighted by molar-refractivity contribution is 0.595. The molecule has 1 aromatic carbocycles. The maximum atomic E-state index is 11.4. The third kappa shape index (κ3) is 4.20. The lowest BCUT2D eigenvalue weighted by atomic mass is 10.2. The summed E-state index contributed by atoms with van der Waals surface area (Å²) in [7, 11) is -3.03. The maximum absolute atomic E-state index is 11.4. The van der Waals surface area contributed by atoms with Crippen LogP contribution in [0.15, 0.2) is 24.3 Å². The molecular weight excluding hydrogens is 234 g/mol. The molecule has 5 heteroatoms. The van der Waals surface area contributed by atoms with Crippen LogP contribution < -0.4 is 5.73 Å². The first kappa shape index (κ1) is 12.5. The smallest absolute Gasteiger partial charge is 0.151 e. The van der Waals surface area contributed by atoms with Crippen molar-refractivity contribution in [1.82, 2.24) is 0 Å². The maximum Gasteiger partial charge on any atom is 0.151 e. The molecule has 0 bridgehead atoms. The molecule has 0 aliphatic heterocycles. The average Bonchev–Trinajstić information content (AvgIpc) is 2.16. The van der Waals surface area contributed by atoms with Crippen molar-refractivity contribution in [2.45, 2.75) is 6.42 Å². The van der Waals surface area contributed by atoms with Gasteiger partial charge in [0.15, 0.2) is 9.84 Å². The Morgan fingerprint density at radius 2 is 1.87 bits per heavy atom. The minimum atomic E-state index is -3.03. The molecule has 0 atom stereocenters. The molecule has 0 heterocycles. The van der Waals surface area contributed by atoms with Crippen molar-refractivity contribution < 1.29 is 8.42 Å². The Labute approximate surface area is 95.2 Å². The van der Waals surface area contributed by atoms with E-state index in [2.05, 4.69) is 0 Å². The summed E-state index contributed by atoms with van der Waals surface area (Å²) in [6.45, 7) is 0.171. The molecule has 0 aliphatic carbocycles. The lowest BCUT2D eigenvalue weighted by Gasteiger charge is -2.04. The highest BCUT2D eigenvalue weighted by molar-refractivity contribution is 7.91. The van der Waals surface area contributed by atoms with Crippen LogP contribution in [0.5, 0.6) is 0 Å². The Bertz CT molecular complexity index is 417. The quantitative estimate of drug-likeness (QED) is 0.852. The summed E-state index contributed by atoms with van der Waals surface area (Å²) in [6.07, 6.45) is 0.446. The summed E-state index contributed by atoms with van der Waals surface area (Å²) >= 11 is 5.91. The summed E-state index contributed by atoms with van der Waals surface area (Å²) in [5.41, 5.74) is 6.07. The minimum absolute atomic E-state index is 0.0391. The molecule has 0 aliphatic rings. The zero-order valence-electron chi connectivity index (χ0n) is 8.32. The molecule has 1 aromatic rings. The topological polar surface area (TPSA) is 60.2 Å². The van der Waals surface area contributed by atoms with Gasteiger partial charge >= 0.3 is 0 Å². The second kappa shape index (κ2) is 5.49. The van der Waals surface area contributed by atoms with Gasteiger partial charge in [-0.2, -0.15) is 0 Å². The molecule has 0 unspecified atom stereocenters. The first-order chi connectivity index (χ1) is 7.05. The third-order valence-corrected chi connectivity index (χ3v) is 4.12. The SMILES string of the molecule is NCCS(=O)(=O)CCc1ccccc1Cl. The van der Waals surface area contributed by atoms with Crippen LogP contribution in [0.25, 0.3) is 0 Å². The lowest BCUT2D eigenvalue weighted by Crippen LogP contribution is -2.19. The molecular formula is C10H14ClNO2S. The Kier molecular flexibility index (Phi) is 4.57. The van der Waals surface area contributed by atoms with E-state index in [-0.39, 0.29) is 18.1 Å². The number of halogens is 1. The molecule has 0 saturated heterocycles. The molecule has 84 valence electrons. The molecule has 0 saturated carbocycles. The van der Waals surface area contributed by atoms with Gasteiger partial charge in [0, 0.05) is 11.6 Å². The number of hydrogen-bond donors (Lipinski definition) is 1. The van der Waals surface area contributed by atoms with E-state index in [0.717, 1.165) is 5.56 Å². The van der Waals surface area contributed by atoms with E-state index in [1.54, 1.807) is 6.07 Å². The van der Waals surface area contributed by atoms with Crippen LogP contribution in [0, 0.1) is 0 Å². The summed E-state index contributed by atoms with van der Waals surface area (Å²) in [5.74, 6) is 0.144. The molecule has 0 radical (unpaired) electrons. The highest BCUT2D eigenvalue weighted by Crippen LogP contribution is 2.15. The molecule has 0 amide bonds. The van der Waals surface area contributed by atoms with Crippen molar-refractivity contribution >= 4 is 21.4 Å². The van der Waals surface area contributed by atoms with Gasteiger partial charge in [-0.05, 0) is 18.1 Å². The van der Waals surface area contributed by atoms with Crippen LogP contribution in [-0.4, -0.2) is 26.5 Å². The Hall–Kier alpha value is -0.580. The fraction of sp³-hybridized carbons (Fsp3) is 0.400. The second-order valence-corrected chi connectivity index (χ2v) is 5.99. The fourth-order valence-electron chi connectivity index (χ4n) is 1.25. The number of sulfone groups is 1. The van der Waals surface area contributed by atoms with Gasteiger partial charge in [-0.1, -0.05) is 29.8 Å². The highest BCUT2D eigenvalue weighted by Gasteiger charge is 2.10. The predicted octanol–water partition coefficient (Wildman–Crippen LogP) is 1.26. The van der Waals surface area contributed by atoms with E-state index >= 15 is 0 Å². The third-order valence-electron chi connectivity index (χ3n) is 2.07. The highest BCUT2D eigenvalue weighted by atomic mass is 35.5. The van der Waals surface area contributed by atoms with Gasteiger partial charge in [-0.25, -0.2) is 8.42 Å². The van der Waals surface area contributed by atoms with Crippen molar-refractivity contribution in [3.63, 3.8) is 0 Å². The van der Waals surface area contributed by atoms with Gasteiger partial charge in [0.2, 0.25) is 0 Å². The number of benzene rings is 1. The average molecular weight is 248 g/mol. The van der Waals surface area contributed by atoms with Crippen LogP contribution in [0.4, 0.5) is 0 Å². The zero-order chi connectivity index (χ0) is 11.3. The van der Waals surface area contributed by atoms with Crippen molar-refractivity contribution in [3.8, 4) is 0 Å². The van der Waals surface area contributed by atoms with Gasteiger partial charge in [0.1, 0.15) is 0 Å². The van der Waals surface area contributed by atoms with E-state index in [0.29, 0.717) is 11.4 Å². The van der Waals surface area contributed by atoms with Crippen LogP contribution in [0.2, 0.25) is 5.02 Å². The Balaban J connectivity index is 2.62. The monoisotopic (exact) mass is 247 g/mol. The molecule has 2 N–H and O–H groups in total. The largest absolute Gasteiger partial charge is 0.329 e. The second-order valence-electron chi connectivity index (χ2n) is 3.28. The van der Waals surface area contributed by atoms with Gasteiger partial charge in [0.05, 0.1) is 11.5 Å². The molecule has 0 fully saturated rings. The van der Waals surface area contributed by atoms with E-state index in [1.165, 1.54) is 0 Å².